The molecule has 2 aromatic carbocycles. The molecule has 0 spiro atoms. The third kappa shape index (κ3) is 2.78. The topological polar surface area (TPSA) is 0 Å². The molecule has 0 aliphatic heterocycles. The smallest absolute Gasteiger partial charge is 0.127 e. The summed E-state index contributed by atoms with van der Waals surface area (Å²) in [6, 6.07) is 12.2. The Hall–Kier alpha value is -1.89. The lowest BCUT2D eigenvalue weighted by molar-refractivity contribution is 0.533. The van der Waals surface area contributed by atoms with E-state index in [1.807, 2.05) is 12.1 Å². The average Bonchev–Trinajstić information content (AvgIpc) is 2.53. The Morgan fingerprint density at radius 1 is 1.19 bits per heavy atom. The lowest BCUT2D eigenvalue weighted by atomic mass is 9.79. The molecule has 0 nitrogen and oxygen atoms in total. The quantitative estimate of drug-likeness (QED) is 0.715. The van der Waals surface area contributed by atoms with E-state index in [2.05, 4.69) is 31.7 Å². The monoisotopic (exact) mass is 280 g/mol. The van der Waals surface area contributed by atoms with Crippen molar-refractivity contribution in [1.29, 1.82) is 0 Å². The number of hydrogen-bond acceptors (Lipinski definition) is 0. The summed E-state index contributed by atoms with van der Waals surface area (Å²) in [5, 5.41) is 0. The molecule has 1 atom stereocenters. The molecule has 0 amide bonds. The molecule has 108 valence electrons. The Morgan fingerprint density at radius 3 is 2.76 bits per heavy atom. The van der Waals surface area contributed by atoms with E-state index in [4.69, 9.17) is 0 Å². The van der Waals surface area contributed by atoms with Crippen molar-refractivity contribution in [2.24, 2.45) is 0 Å². The molecular formula is C20H21F. The van der Waals surface area contributed by atoms with Crippen molar-refractivity contribution >= 4 is 6.08 Å². The highest BCUT2D eigenvalue weighted by Crippen LogP contribution is 2.34. The SMILES string of the molecule is C=Cc1ccc(C2CCc3cc(CC)ccc3C2)c(F)c1. The summed E-state index contributed by atoms with van der Waals surface area (Å²) in [7, 11) is 0. The van der Waals surface area contributed by atoms with Crippen molar-refractivity contribution in [3.8, 4) is 0 Å². The zero-order valence-electron chi connectivity index (χ0n) is 12.5. The van der Waals surface area contributed by atoms with Crippen LogP contribution in [0.1, 0.15) is 47.1 Å². The van der Waals surface area contributed by atoms with Crippen LogP contribution in [0.15, 0.2) is 43.0 Å². The molecule has 0 aromatic heterocycles. The van der Waals surface area contributed by atoms with Crippen LogP contribution in [-0.4, -0.2) is 0 Å². The first-order valence-corrected chi connectivity index (χ1v) is 7.73. The Labute approximate surface area is 126 Å². The van der Waals surface area contributed by atoms with E-state index in [-0.39, 0.29) is 5.82 Å². The van der Waals surface area contributed by atoms with Gasteiger partial charge in [0.1, 0.15) is 5.82 Å². The number of aryl methyl sites for hydroxylation is 2. The predicted octanol–water partition coefficient (Wildman–Crippen LogP) is 5.30. The van der Waals surface area contributed by atoms with E-state index >= 15 is 0 Å². The zero-order chi connectivity index (χ0) is 14.8. The summed E-state index contributed by atoms with van der Waals surface area (Å²) in [5.74, 6) is 0.204. The molecule has 1 unspecified atom stereocenters. The molecule has 0 bridgehead atoms. The lowest BCUT2D eigenvalue weighted by Gasteiger charge is -2.26. The van der Waals surface area contributed by atoms with Crippen molar-refractivity contribution in [3.63, 3.8) is 0 Å². The number of fused-ring (bicyclic) bond motifs is 1. The molecular weight excluding hydrogens is 259 g/mol. The van der Waals surface area contributed by atoms with Gasteiger partial charge < -0.3 is 0 Å². The van der Waals surface area contributed by atoms with Gasteiger partial charge in [0, 0.05) is 0 Å². The minimum atomic E-state index is -0.0916. The number of rotatable bonds is 3. The molecule has 0 radical (unpaired) electrons. The van der Waals surface area contributed by atoms with Crippen LogP contribution in [0.4, 0.5) is 4.39 Å². The molecule has 1 aliphatic rings. The summed E-state index contributed by atoms with van der Waals surface area (Å²) in [6.45, 7) is 5.88. The minimum absolute atomic E-state index is 0.0916. The highest BCUT2D eigenvalue weighted by molar-refractivity contribution is 5.48. The molecule has 0 fully saturated rings. The van der Waals surface area contributed by atoms with Crippen LogP contribution in [0.2, 0.25) is 0 Å². The van der Waals surface area contributed by atoms with Gasteiger partial charge in [-0.15, -0.1) is 0 Å². The molecule has 0 saturated heterocycles. The Balaban J connectivity index is 1.87. The van der Waals surface area contributed by atoms with Gasteiger partial charge in [-0.25, -0.2) is 4.39 Å². The Morgan fingerprint density at radius 2 is 2.05 bits per heavy atom. The second kappa shape index (κ2) is 5.85. The molecule has 21 heavy (non-hydrogen) atoms. The van der Waals surface area contributed by atoms with Gasteiger partial charge in [-0.3, -0.25) is 0 Å². The van der Waals surface area contributed by atoms with Crippen LogP contribution in [0.25, 0.3) is 6.08 Å². The number of halogens is 1. The van der Waals surface area contributed by atoms with E-state index < -0.39 is 0 Å². The largest absolute Gasteiger partial charge is 0.207 e. The fourth-order valence-corrected chi connectivity index (χ4v) is 3.30. The molecule has 0 saturated carbocycles. The lowest BCUT2D eigenvalue weighted by Crippen LogP contribution is -2.14. The van der Waals surface area contributed by atoms with Crippen molar-refractivity contribution < 1.29 is 4.39 Å². The highest BCUT2D eigenvalue weighted by atomic mass is 19.1. The van der Waals surface area contributed by atoms with Crippen LogP contribution in [0.3, 0.4) is 0 Å². The summed E-state index contributed by atoms with van der Waals surface area (Å²) in [4.78, 5) is 0. The highest BCUT2D eigenvalue weighted by Gasteiger charge is 2.22. The van der Waals surface area contributed by atoms with Crippen LogP contribution < -0.4 is 0 Å². The molecule has 1 aliphatic carbocycles. The van der Waals surface area contributed by atoms with Gasteiger partial charge in [0.15, 0.2) is 0 Å². The average molecular weight is 280 g/mol. The third-order valence-corrected chi connectivity index (χ3v) is 4.61. The number of hydrogen-bond donors (Lipinski definition) is 0. The van der Waals surface area contributed by atoms with E-state index in [1.165, 1.54) is 16.7 Å². The number of benzene rings is 2. The first-order valence-electron chi connectivity index (χ1n) is 7.73. The molecule has 3 rings (SSSR count). The summed E-state index contributed by atoms with van der Waals surface area (Å²) < 4.78 is 14.3. The summed E-state index contributed by atoms with van der Waals surface area (Å²) in [5.41, 5.74) is 5.93. The first-order chi connectivity index (χ1) is 10.2. The van der Waals surface area contributed by atoms with Crippen LogP contribution in [0, 0.1) is 5.82 Å². The van der Waals surface area contributed by atoms with Gasteiger partial charge in [0.25, 0.3) is 0 Å². The van der Waals surface area contributed by atoms with Gasteiger partial charge in [0.05, 0.1) is 0 Å². The third-order valence-electron chi connectivity index (χ3n) is 4.61. The maximum absolute atomic E-state index is 14.3. The van der Waals surface area contributed by atoms with Crippen LogP contribution in [0.5, 0.6) is 0 Å². The first kappa shape index (κ1) is 14.1. The fourth-order valence-electron chi connectivity index (χ4n) is 3.30. The van der Waals surface area contributed by atoms with Gasteiger partial charge >= 0.3 is 0 Å². The van der Waals surface area contributed by atoms with Crippen molar-refractivity contribution in [2.45, 2.75) is 38.5 Å². The maximum Gasteiger partial charge on any atom is 0.127 e. The van der Waals surface area contributed by atoms with Crippen LogP contribution in [-0.2, 0) is 19.3 Å². The minimum Gasteiger partial charge on any atom is -0.207 e. The Kier molecular flexibility index (Phi) is 3.92. The van der Waals surface area contributed by atoms with Gasteiger partial charge in [-0.1, -0.05) is 49.9 Å². The van der Waals surface area contributed by atoms with Gasteiger partial charge in [0.2, 0.25) is 0 Å². The molecule has 0 heterocycles. The summed E-state index contributed by atoms with van der Waals surface area (Å²) >= 11 is 0. The second-order valence-electron chi connectivity index (χ2n) is 5.88. The predicted molar refractivity (Wildman–Crippen MR) is 87.1 cm³/mol. The zero-order valence-corrected chi connectivity index (χ0v) is 12.5. The van der Waals surface area contributed by atoms with Crippen LogP contribution >= 0.6 is 0 Å². The van der Waals surface area contributed by atoms with Gasteiger partial charge in [-0.05, 0) is 65.5 Å². The normalized spacial score (nSPS) is 17.3. The standard InChI is InChI=1S/C20H21F/c1-3-14-5-7-17-13-18(9-8-16(17)11-14)19-10-6-15(4-2)12-20(19)21/h4-7,10-12,18H,2-3,8-9,13H2,1H3. The van der Waals surface area contributed by atoms with Crippen molar-refractivity contribution in [1.82, 2.24) is 0 Å². The van der Waals surface area contributed by atoms with Gasteiger partial charge in [-0.2, -0.15) is 0 Å². The summed E-state index contributed by atoms with van der Waals surface area (Å²) in [6.07, 6.45) is 5.80. The molecule has 2 aromatic rings. The van der Waals surface area contributed by atoms with E-state index in [0.717, 1.165) is 36.8 Å². The van der Waals surface area contributed by atoms with Crippen molar-refractivity contribution in [2.75, 3.05) is 0 Å². The molecule has 0 N–H and O–H groups in total. The fraction of sp³-hybridized carbons (Fsp3) is 0.300. The molecule has 1 heteroatoms. The maximum atomic E-state index is 14.3. The van der Waals surface area contributed by atoms with E-state index in [9.17, 15) is 4.39 Å². The Bertz CT molecular complexity index is 670. The van der Waals surface area contributed by atoms with Crippen molar-refractivity contribution in [3.05, 3.63) is 76.6 Å². The van der Waals surface area contributed by atoms with E-state index in [0.29, 0.717) is 5.92 Å². The van der Waals surface area contributed by atoms with E-state index in [1.54, 1.807) is 12.1 Å². The second-order valence-corrected chi connectivity index (χ2v) is 5.88.